The Kier molecular flexibility index (Phi) is 6.53. The number of rotatable bonds is 6. The fourth-order valence-corrected chi connectivity index (χ4v) is 4.11. The van der Waals surface area contributed by atoms with Gasteiger partial charge in [0.1, 0.15) is 5.75 Å². The minimum absolute atomic E-state index is 0.0378. The van der Waals surface area contributed by atoms with Crippen LogP contribution in [0.15, 0.2) is 84.9 Å². The molecule has 1 aliphatic rings. The van der Waals surface area contributed by atoms with Gasteiger partial charge < -0.3 is 15.3 Å². The summed E-state index contributed by atoms with van der Waals surface area (Å²) in [7, 11) is 0. The van der Waals surface area contributed by atoms with Crippen molar-refractivity contribution in [3.63, 3.8) is 0 Å². The molecule has 2 N–H and O–H groups in total. The van der Waals surface area contributed by atoms with Gasteiger partial charge in [0.25, 0.3) is 0 Å². The summed E-state index contributed by atoms with van der Waals surface area (Å²) in [5.74, 6) is 0.315. The van der Waals surface area contributed by atoms with Crippen molar-refractivity contribution in [3.05, 3.63) is 96.1 Å². The van der Waals surface area contributed by atoms with Crippen molar-refractivity contribution in [1.29, 1.82) is 0 Å². The molecule has 0 aromatic heterocycles. The Hall–Kier alpha value is -3.31. The van der Waals surface area contributed by atoms with Crippen molar-refractivity contribution in [1.82, 2.24) is 10.2 Å². The number of nitrogens with zero attached hydrogens (tertiary/aromatic N) is 2. The Labute approximate surface area is 183 Å². The van der Waals surface area contributed by atoms with Gasteiger partial charge in [-0.2, -0.15) is 0 Å². The summed E-state index contributed by atoms with van der Waals surface area (Å²) in [5, 5.41) is 12.8. The summed E-state index contributed by atoms with van der Waals surface area (Å²) in [6, 6.07) is 27.1. The fraction of sp³-hybridized carbons (Fsp3) is 0.269. The van der Waals surface area contributed by atoms with Gasteiger partial charge in [-0.25, -0.2) is 0 Å². The molecular weight excluding hydrogens is 386 g/mol. The number of aromatic hydroxyl groups is 1. The van der Waals surface area contributed by atoms with Crippen molar-refractivity contribution in [2.45, 2.75) is 19.0 Å². The van der Waals surface area contributed by atoms with Crippen LogP contribution in [0.3, 0.4) is 0 Å². The Morgan fingerprint density at radius 3 is 1.84 bits per heavy atom. The molecule has 0 saturated carbocycles. The first-order chi connectivity index (χ1) is 15.1. The van der Waals surface area contributed by atoms with Crippen molar-refractivity contribution in [2.75, 3.05) is 31.1 Å². The first kappa shape index (κ1) is 20.9. The number of carbonyl (C=O) groups is 1. The van der Waals surface area contributed by atoms with E-state index in [1.807, 2.05) is 55.5 Å². The van der Waals surface area contributed by atoms with Crippen LogP contribution in [-0.2, 0) is 4.79 Å². The zero-order valence-corrected chi connectivity index (χ0v) is 17.8. The SMILES string of the molecule is C[C@H](C(=O)NC(c1ccccc1)c1ccccc1)N1CCN(c2ccc(O)cc2)CC1. The zero-order chi connectivity index (χ0) is 21.6. The Morgan fingerprint density at radius 2 is 1.32 bits per heavy atom. The largest absolute Gasteiger partial charge is 0.508 e. The standard InChI is InChI=1S/C26H29N3O2/c1-20(28-16-18-29(19-17-28)23-12-14-24(30)15-13-23)26(31)27-25(21-8-4-2-5-9-21)22-10-6-3-7-11-22/h2-15,20,25,30H,16-19H2,1H3,(H,27,31)/t20-/m1/s1. The molecular formula is C26H29N3O2. The maximum atomic E-state index is 13.2. The lowest BCUT2D eigenvalue weighted by molar-refractivity contribution is -0.126. The lowest BCUT2D eigenvalue weighted by Gasteiger charge is -2.39. The number of nitrogens with one attached hydrogen (secondary N) is 1. The quantitative estimate of drug-likeness (QED) is 0.643. The van der Waals surface area contributed by atoms with E-state index in [0.717, 1.165) is 43.0 Å². The number of anilines is 1. The monoisotopic (exact) mass is 415 g/mol. The highest BCUT2D eigenvalue weighted by Gasteiger charge is 2.27. The summed E-state index contributed by atoms with van der Waals surface area (Å²) >= 11 is 0. The first-order valence-corrected chi connectivity index (χ1v) is 10.8. The minimum Gasteiger partial charge on any atom is -0.508 e. The number of carbonyl (C=O) groups excluding carboxylic acids is 1. The molecule has 31 heavy (non-hydrogen) atoms. The van der Waals surface area contributed by atoms with E-state index in [1.165, 1.54) is 0 Å². The van der Waals surface area contributed by atoms with Crippen LogP contribution >= 0.6 is 0 Å². The molecule has 1 aliphatic heterocycles. The Bertz CT molecular complexity index is 929. The van der Waals surface area contributed by atoms with Gasteiger partial charge in [0, 0.05) is 31.9 Å². The normalized spacial score (nSPS) is 15.6. The third-order valence-electron chi connectivity index (χ3n) is 6.01. The molecule has 0 bridgehead atoms. The van der Waals surface area contributed by atoms with Crippen LogP contribution in [0.1, 0.15) is 24.1 Å². The van der Waals surface area contributed by atoms with Gasteiger partial charge in [-0.05, 0) is 42.3 Å². The van der Waals surface area contributed by atoms with E-state index in [1.54, 1.807) is 12.1 Å². The third-order valence-corrected chi connectivity index (χ3v) is 6.01. The van der Waals surface area contributed by atoms with Gasteiger partial charge in [0.15, 0.2) is 0 Å². The molecule has 1 atom stereocenters. The molecule has 3 aromatic rings. The number of benzene rings is 3. The van der Waals surface area contributed by atoms with Crippen LogP contribution in [0, 0.1) is 0 Å². The average molecular weight is 416 g/mol. The molecule has 5 nitrogen and oxygen atoms in total. The number of amides is 1. The molecule has 1 fully saturated rings. The predicted molar refractivity (Wildman–Crippen MR) is 124 cm³/mol. The third kappa shape index (κ3) is 5.06. The Balaban J connectivity index is 1.41. The molecule has 4 rings (SSSR count). The second kappa shape index (κ2) is 9.67. The molecule has 5 heteroatoms. The summed E-state index contributed by atoms with van der Waals surface area (Å²) in [4.78, 5) is 17.7. The summed E-state index contributed by atoms with van der Waals surface area (Å²) in [6.07, 6.45) is 0. The van der Waals surface area contributed by atoms with E-state index in [2.05, 4.69) is 39.4 Å². The summed E-state index contributed by atoms with van der Waals surface area (Å²) in [5.41, 5.74) is 3.25. The lowest BCUT2D eigenvalue weighted by Crippen LogP contribution is -2.54. The second-order valence-corrected chi connectivity index (χ2v) is 7.98. The van der Waals surface area contributed by atoms with Crippen LogP contribution in [0.5, 0.6) is 5.75 Å². The highest BCUT2D eigenvalue weighted by molar-refractivity contribution is 5.82. The molecule has 0 unspecified atom stereocenters. The molecule has 0 radical (unpaired) electrons. The summed E-state index contributed by atoms with van der Waals surface area (Å²) in [6.45, 7) is 5.32. The van der Waals surface area contributed by atoms with Gasteiger partial charge in [0.2, 0.25) is 5.91 Å². The van der Waals surface area contributed by atoms with Crippen LogP contribution in [0.4, 0.5) is 5.69 Å². The molecule has 1 saturated heterocycles. The molecule has 3 aromatic carbocycles. The Morgan fingerprint density at radius 1 is 0.806 bits per heavy atom. The fourth-order valence-electron chi connectivity index (χ4n) is 4.11. The smallest absolute Gasteiger partial charge is 0.237 e. The number of piperazine rings is 1. The van der Waals surface area contributed by atoms with E-state index >= 15 is 0 Å². The van der Waals surface area contributed by atoms with Gasteiger partial charge in [-0.15, -0.1) is 0 Å². The minimum atomic E-state index is -0.211. The summed E-state index contributed by atoms with van der Waals surface area (Å²) < 4.78 is 0. The van der Waals surface area contributed by atoms with Crippen LogP contribution in [0.2, 0.25) is 0 Å². The van der Waals surface area contributed by atoms with Crippen molar-refractivity contribution in [3.8, 4) is 5.75 Å². The van der Waals surface area contributed by atoms with Gasteiger partial charge >= 0.3 is 0 Å². The highest BCUT2D eigenvalue weighted by atomic mass is 16.3. The topological polar surface area (TPSA) is 55.8 Å². The number of phenolic OH excluding ortho intramolecular Hbond substituents is 1. The number of hydrogen-bond donors (Lipinski definition) is 2. The van der Waals surface area contributed by atoms with Crippen molar-refractivity contribution < 1.29 is 9.90 Å². The molecule has 0 aliphatic carbocycles. The first-order valence-electron chi connectivity index (χ1n) is 10.8. The van der Waals surface area contributed by atoms with Crippen molar-refractivity contribution >= 4 is 11.6 Å². The van der Waals surface area contributed by atoms with Crippen LogP contribution < -0.4 is 10.2 Å². The van der Waals surface area contributed by atoms with E-state index in [9.17, 15) is 9.90 Å². The second-order valence-electron chi connectivity index (χ2n) is 7.98. The maximum Gasteiger partial charge on any atom is 0.237 e. The van der Waals surface area contributed by atoms with E-state index in [4.69, 9.17) is 0 Å². The van der Waals surface area contributed by atoms with E-state index < -0.39 is 0 Å². The highest BCUT2D eigenvalue weighted by Crippen LogP contribution is 2.23. The van der Waals surface area contributed by atoms with Crippen molar-refractivity contribution in [2.24, 2.45) is 0 Å². The molecule has 0 spiro atoms. The maximum absolute atomic E-state index is 13.2. The number of hydrogen-bond acceptors (Lipinski definition) is 4. The van der Waals surface area contributed by atoms with Crippen LogP contribution in [0.25, 0.3) is 0 Å². The molecule has 160 valence electrons. The molecule has 1 heterocycles. The van der Waals surface area contributed by atoms with Gasteiger partial charge in [-0.1, -0.05) is 60.7 Å². The zero-order valence-electron chi connectivity index (χ0n) is 17.8. The van der Waals surface area contributed by atoms with E-state index in [0.29, 0.717) is 0 Å². The van der Waals surface area contributed by atoms with Gasteiger partial charge in [-0.3, -0.25) is 9.69 Å². The van der Waals surface area contributed by atoms with Crippen LogP contribution in [-0.4, -0.2) is 48.1 Å². The lowest BCUT2D eigenvalue weighted by atomic mass is 9.98. The number of phenols is 1. The van der Waals surface area contributed by atoms with E-state index in [-0.39, 0.29) is 23.7 Å². The van der Waals surface area contributed by atoms with Gasteiger partial charge in [0.05, 0.1) is 12.1 Å². The molecule has 1 amide bonds. The average Bonchev–Trinajstić information content (AvgIpc) is 2.83. The predicted octanol–water partition coefficient (Wildman–Crippen LogP) is 3.81.